The number of rotatable bonds is 2. The molecule has 96 valence electrons. The van der Waals surface area contributed by atoms with Crippen LogP contribution in [0.25, 0.3) is 0 Å². The SMILES string of the molecule is CCC1C(=O)NCC(=O)N1C1CCN(C)CC1. The number of piperazine rings is 1. The first-order valence-corrected chi connectivity index (χ1v) is 6.41. The van der Waals surface area contributed by atoms with Crippen LogP contribution in [-0.4, -0.2) is 60.4 Å². The summed E-state index contributed by atoms with van der Waals surface area (Å²) in [5.74, 6) is 0.0806. The Hall–Kier alpha value is -1.10. The number of hydrogen-bond acceptors (Lipinski definition) is 3. The van der Waals surface area contributed by atoms with E-state index in [-0.39, 0.29) is 30.4 Å². The maximum atomic E-state index is 12.0. The lowest BCUT2D eigenvalue weighted by Crippen LogP contribution is -2.62. The van der Waals surface area contributed by atoms with Gasteiger partial charge >= 0.3 is 0 Å². The van der Waals surface area contributed by atoms with Crippen LogP contribution in [0.3, 0.4) is 0 Å². The summed E-state index contributed by atoms with van der Waals surface area (Å²) >= 11 is 0. The lowest BCUT2D eigenvalue weighted by atomic mass is 9.98. The predicted octanol–water partition coefficient (Wildman–Crippen LogP) is -0.182. The number of carbonyl (C=O) groups is 2. The largest absolute Gasteiger partial charge is 0.345 e. The molecule has 1 unspecified atom stereocenters. The molecule has 2 aliphatic heterocycles. The molecule has 2 fully saturated rings. The van der Waals surface area contributed by atoms with Crippen molar-refractivity contribution in [1.82, 2.24) is 15.1 Å². The summed E-state index contributed by atoms with van der Waals surface area (Å²) in [6.07, 6.45) is 2.65. The molecule has 5 heteroatoms. The lowest BCUT2D eigenvalue weighted by molar-refractivity contribution is -0.149. The predicted molar refractivity (Wildman–Crippen MR) is 64.5 cm³/mol. The molecular weight excluding hydrogens is 218 g/mol. The molecule has 2 saturated heterocycles. The van der Waals surface area contributed by atoms with Gasteiger partial charge in [-0.3, -0.25) is 9.59 Å². The van der Waals surface area contributed by atoms with Crippen LogP contribution < -0.4 is 5.32 Å². The van der Waals surface area contributed by atoms with E-state index >= 15 is 0 Å². The monoisotopic (exact) mass is 239 g/mol. The zero-order chi connectivity index (χ0) is 12.4. The van der Waals surface area contributed by atoms with Crippen molar-refractivity contribution in [3.63, 3.8) is 0 Å². The van der Waals surface area contributed by atoms with Gasteiger partial charge in [-0.1, -0.05) is 6.92 Å². The summed E-state index contributed by atoms with van der Waals surface area (Å²) in [7, 11) is 2.10. The first kappa shape index (κ1) is 12.4. The summed E-state index contributed by atoms with van der Waals surface area (Å²) < 4.78 is 0. The van der Waals surface area contributed by atoms with E-state index in [1.165, 1.54) is 0 Å². The third kappa shape index (κ3) is 2.44. The number of piperidine rings is 1. The minimum Gasteiger partial charge on any atom is -0.345 e. The number of nitrogens with one attached hydrogen (secondary N) is 1. The van der Waals surface area contributed by atoms with Gasteiger partial charge in [0.1, 0.15) is 6.04 Å². The first-order chi connectivity index (χ1) is 8.13. The fourth-order valence-electron chi connectivity index (χ4n) is 2.79. The van der Waals surface area contributed by atoms with Gasteiger partial charge in [-0.2, -0.15) is 0 Å². The minimum atomic E-state index is -0.260. The molecule has 0 saturated carbocycles. The highest BCUT2D eigenvalue weighted by Crippen LogP contribution is 2.21. The molecule has 0 bridgehead atoms. The van der Waals surface area contributed by atoms with E-state index in [1.54, 1.807) is 0 Å². The molecule has 0 aliphatic carbocycles. The molecule has 17 heavy (non-hydrogen) atoms. The van der Waals surface area contributed by atoms with Crippen molar-refractivity contribution in [2.75, 3.05) is 26.7 Å². The van der Waals surface area contributed by atoms with Gasteiger partial charge in [0.05, 0.1) is 6.54 Å². The Balaban J connectivity index is 2.09. The van der Waals surface area contributed by atoms with Crippen LogP contribution in [0.5, 0.6) is 0 Å². The van der Waals surface area contributed by atoms with Crippen molar-refractivity contribution in [1.29, 1.82) is 0 Å². The summed E-state index contributed by atoms with van der Waals surface area (Å²) in [5, 5.41) is 2.67. The quantitative estimate of drug-likeness (QED) is 0.727. The van der Waals surface area contributed by atoms with E-state index in [4.69, 9.17) is 0 Å². The highest BCUT2D eigenvalue weighted by atomic mass is 16.2. The van der Waals surface area contributed by atoms with E-state index in [0.29, 0.717) is 6.42 Å². The van der Waals surface area contributed by atoms with Gasteiger partial charge in [-0.15, -0.1) is 0 Å². The van der Waals surface area contributed by atoms with E-state index in [9.17, 15) is 9.59 Å². The zero-order valence-corrected chi connectivity index (χ0v) is 10.6. The number of hydrogen-bond donors (Lipinski definition) is 1. The van der Waals surface area contributed by atoms with Gasteiger partial charge in [-0.25, -0.2) is 0 Å². The van der Waals surface area contributed by atoms with Crippen molar-refractivity contribution in [3.8, 4) is 0 Å². The number of nitrogens with zero attached hydrogens (tertiary/aromatic N) is 2. The maximum absolute atomic E-state index is 12.0. The van der Waals surface area contributed by atoms with Crippen LogP contribution >= 0.6 is 0 Å². The number of carbonyl (C=O) groups excluding carboxylic acids is 2. The zero-order valence-electron chi connectivity index (χ0n) is 10.6. The average Bonchev–Trinajstić information content (AvgIpc) is 2.33. The maximum Gasteiger partial charge on any atom is 0.243 e. The Morgan fingerprint density at radius 3 is 2.53 bits per heavy atom. The fourth-order valence-corrected chi connectivity index (χ4v) is 2.79. The van der Waals surface area contributed by atoms with Crippen molar-refractivity contribution in [3.05, 3.63) is 0 Å². The molecule has 0 aromatic carbocycles. The molecule has 2 heterocycles. The molecule has 5 nitrogen and oxygen atoms in total. The molecule has 0 radical (unpaired) electrons. The topological polar surface area (TPSA) is 52.7 Å². The second-order valence-corrected chi connectivity index (χ2v) is 4.98. The molecule has 1 N–H and O–H groups in total. The Morgan fingerprint density at radius 2 is 1.94 bits per heavy atom. The van der Waals surface area contributed by atoms with Gasteiger partial charge in [-0.05, 0) is 39.4 Å². The Kier molecular flexibility index (Phi) is 3.66. The summed E-state index contributed by atoms with van der Waals surface area (Å²) in [5.41, 5.74) is 0. The summed E-state index contributed by atoms with van der Waals surface area (Å²) in [6.45, 7) is 4.14. The van der Waals surface area contributed by atoms with Gasteiger partial charge in [0.2, 0.25) is 11.8 Å². The van der Waals surface area contributed by atoms with Crippen LogP contribution in [-0.2, 0) is 9.59 Å². The minimum absolute atomic E-state index is 0.00558. The highest BCUT2D eigenvalue weighted by molar-refractivity contribution is 5.94. The van der Waals surface area contributed by atoms with Crippen molar-refractivity contribution < 1.29 is 9.59 Å². The smallest absolute Gasteiger partial charge is 0.243 e. The van der Waals surface area contributed by atoms with E-state index in [1.807, 2.05) is 11.8 Å². The third-order valence-corrected chi connectivity index (χ3v) is 3.81. The summed E-state index contributed by atoms with van der Waals surface area (Å²) in [4.78, 5) is 27.9. The van der Waals surface area contributed by atoms with Crippen LogP contribution in [0, 0.1) is 0 Å². The van der Waals surface area contributed by atoms with E-state index < -0.39 is 0 Å². The lowest BCUT2D eigenvalue weighted by Gasteiger charge is -2.43. The van der Waals surface area contributed by atoms with Crippen molar-refractivity contribution in [2.24, 2.45) is 0 Å². The highest BCUT2D eigenvalue weighted by Gasteiger charge is 2.38. The van der Waals surface area contributed by atoms with Crippen LogP contribution in [0.1, 0.15) is 26.2 Å². The van der Waals surface area contributed by atoms with Crippen molar-refractivity contribution in [2.45, 2.75) is 38.3 Å². The second kappa shape index (κ2) is 5.04. The molecule has 0 aromatic rings. The van der Waals surface area contributed by atoms with E-state index in [0.717, 1.165) is 25.9 Å². The Labute approximate surface area is 102 Å². The number of amides is 2. The van der Waals surface area contributed by atoms with Gasteiger partial charge in [0.15, 0.2) is 0 Å². The molecule has 1 atom stereocenters. The van der Waals surface area contributed by atoms with Crippen LogP contribution in [0.4, 0.5) is 0 Å². The molecule has 0 spiro atoms. The summed E-state index contributed by atoms with van der Waals surface area (Å²) in [6, 6.07) is -0.0145. The molecule has 2 rings (SSSR count). The van der Waals surface area contributed by atoms with Gasteiger partial charge in [0.25, 0.3) is 0 Å². The molecular formula is C12H21N3O2. The number of likely N-dealkylation sites (tertiary alicyclic amines) is 1. The normalized spacial score (nSPS) is 28.4. The fraction of sp³-hybridized carbons (Fsp3) is 0.833. The van der Waals surface area contributed by atoms with Crippen LogP contribution in [0.2, 0.25) is 0 Å². The van der Waals surface area contributed by atoms with Gasteiger partial charge < -0.3 is 15.1 Å². The van der Waals surface area contributed by atoms with E-state index in [2.05, 4.69) is 17.3 Å². The van der Waals surface area contributed by atoms with Crippen LogP contribution in [0.15, 0.2) is 0 Å². The van der Waals surface area contributed by atoms with Crippen molar-refractivity contribution >= 4 is 11.8 Å². The second-order valence-electron chi connectivity index (χ2n) is 4.98. The van der Waals surface area contributed by atoms with Gasteiger partial charge in [0, 0.05) is 6.04 Å². The first-order valence-electron chi connectivity index (χ1n) is 6.41. The molecule has 2 amide bonds. The molecule has 0 aromatic heterocycles. The molecule has 2 aliphatic rings. The Morgan fingerprint density at radius 1 is 1.29 bits per heavy atom. The third-order valence-electron chi connectivity index (χ3n) is 3.81. The standard InChI is InChI=1S/C12H21N3O2/c1-3-10-12(17)13-8-11(16)15(10)9-4-6-14(2)7-5-9/h9-10H,3-8H2,1-2H3,(H,13,17). The Bertz CT molecular complexity index is 311. The average molecular weight is 239 g/mol.